The lowest BCUT2D eigenvalue weighted by Gasteiger charge is -2.07. The van der Waals surface area contributed by atoms with E-state index in [0.29, 0.717) is 17.1 Å². The van der Waals surface area contributed by atoms with Crippen LogP contribution in [-0.2, 0) is 21.2 Å². The van der Waals surface area contributed by atoms with Crippen LogP contribution in [0.1, 0.15) is 5.56 Å². The fourth-order valence-electron chi connectivity index (χ4n) is 1.73. The van der Waals surface area contributed by atoms with Crippen molar-refractivity contribution in [2.24, 2.45) is 5.14 Å². The molecule has 0 saturated carbocycles. The minimum atomic E-state index is -3.73. The van der Waals surface area contributed by atoms with E-state index < -0.39 is 16.0 Å². The monoisotopic (exact) mass is 307 g/mol. The van der Waals surface area contributed by atoms with E-state index in [1.807, 2.05) is 0 Å². The molecule has 0 unspecified atom stereocenters. The van der Waals surface area contributed by atoms with Gasteiger partial charge in [-0.2, -0.15) is 0 Å². The van der Waals surface area contributed by atoms with Gasteiger partial charge in [0.05, 0.1) is 11.3 Å². The molecule has 0 aliphatic rings. The molecule has 110 valence electrons. The average Bonchev–Trinajstić information content (AvgIpc) is 2.38. The molecule has 2 rings (SSSR count). The van der Waals surface area contributed by atoms with E-state index >= 15 is 0 Å². The minimum absolute atomic E-state index is 0.00511. The van der Waals surface area contributed by atoms with E-state index in [9.17, 15) is 13.2 Å². The molecule has 0 aromatic heterocycles. The van der Waals surface area contributed by atoms with Crippen molar-refractivity contribution in [2.45, 2.75) is 11.3 Å². The van der Waals surface area contributed by atoms with Gasteiger partial charge in [-0.05, 0) is 42.0 Å². The fourth-order valence-corrected chi connectivity index (χ4v) is 2.24. The molecule has 2 aromatic carbocycles. The SMILES string of the molecule is NS(=O)(=O)c1ccc(Oc2cccc(CC(=O)O)c2)cc1. The van der Waals surface area contributed by atoms with Crippen LogP contribution in [0, 0.1) is 0 Å². The molecule has 0 aliphatic carbocycles. The van der Waals surface area contributed by atoms with Crippen molar-refractivity contribution in [1.82, 2.24) is 0 Å². The fraction of sp³-hybridized carbons (Fsp3) is 0.0714. The van der Waals surface area contributed by atoms with E-state index in [2.05, 4.69) is 0 Å². The normalized spacial score (nSPS) is 11.1. The Morgan fingerprint density at radius 3 is 2.33 bits per heavy atom. The molecule has 0 amide bonds. The van der Waals surface area contributed by atoms with Gasteiger partial charge in [0.2, 0.25) is 10.0 Å². The molecule has 21 heavy (non-hydrogen) atoms. The number of sulfonamides is 1. The molecule has 0 bridgehead atoms. The van der Waals surface area contributed by atoms with Crippen LogP contribution < -0.4 is 9.88 Å². The van der Waals surface area contributed by atoms with Crippen molar-refractivity contribution < 1.29 is 23.1 Å². The maximum Gasteiger partial charge on any atom is 0.307 e. The van der Waals surface area contributed by atoms with Gasteiger partial charge in [0.25, 0.3) is 0 Å². The van der Waals surface area contributed by atoms with Gasteiger partial charge < -0.3 is 9.84 Å². The third kappa shape index (κ3) is 4.30. The molecule has 0 aliphatic heterocycles. The van der Waals surface area contributed by atoms with Gasteiger partial charge in [-0.15, -0.1) is 0 Å². The third-order valence-corrected chi connectivity index (χ3v) is 3.57. The second kappa shape index (κ2) is 5.94. The Labute approximate surface area is 121 Å². The van der Waals surface area contributed by atoms with Crippen molar-refractivity contribution in [3.05, 3.63) is 54.1 Å². The molecular weight excluding hydrogens is 294 g/mol. The lowest BCUT2D eigenvalue weighted by molar-refractivity contribution is -0.136. The Bertz CT molecular complexity index is 753. The van der Waals surface area contributed by atoms with Crippen LogP contribution >= 0.6 is 0 Å². The molecule has 0 radical (unpaired) electrons. The van der Waals surface area contributed by atoms with E-state index in [1.165, 1.54) is 24.3 Å². The number of rotatable bonds is 5. The zero-order valence-corrected chi connectivity index (χ0v) is 11.7. The van der Waals surface area contributed by atoms with E-state index in [1.54, 1.807) is 24.3 Å². The highest BCUT2D eigenvalue weighted by Gasteiger charge is 2.08. The summed E-state index contributed by atoms with van der Waals surface area (Å²) in [5.41, 5.74) is 0.612. The lowest BCUT2D eigenvalue weighted by atomic mass is 10.1. The van der Waals surface area contributed by atoms with E-state index in [0.717, 1.165) is 0 Å². The van der Waals surface area contributed by atoms with Crippen LogP contribution in [0.2, 0.25) is 0 Å². The number of primary sulfonamides is 1. The molecule has 6 nitrogen and oxygen atoms in total. The van der Waals surface area contributed by atoms with Crippen LogP contribution in [0.4, 0.5) is 0 Å². The Kier molecular flexibility index (Phi) is 4.25. The van der Waals surface area contributed by atoms with Crippen LogP contribution in [0.25, 0.3) is 0 Å². The Balaban J connectivity index is 2.16. The summed E-state index contributed by atoms with van der Waals surface area (Å²) >= 11 is 0. The molecule has 0 atom stereocenters. The lowest BCUT2D eigenvalue weighted by Crippen LogP contribution is -2.11. The number of ether oxygens (including phenoxy) is 1. The number of benzene rings is 2. The molecule has 0 saturated heterocycles. The first-order valence-corrected chi connectivity index (χ1v) is 7.51. The number of nitrogens with two attached hydrogens (primary N) is 1. The van der Waals surface area contributed by atoms with Crippen molar-refractivity contribution in [1.29, 1.82) is 0 Å². The topological polar surface area (TPSA) is 107 Å². The van der Waals surface area contributed by atoms with Crippen LogP contribution in [0.15, 0.2) is 53.4 Å². The summed E-state index contributed by atoms with van der Waals surface area (Å²) < 4.78 is 27.8. The maximum absolute atomic E-state index is 11.1. The number of carboxylic acid groups (broad SMARTS) is 1. The molecule has 0 fully saturated rings. The molecule has 0 heterocycles. The second-order valence-corrected chi connectivity index (χ2v) is 5.90. The smallest absolute Gasteiger partial charge is 0.307 e. The van der Waals surface area contributed by atoms with Gasteiger partial charge in [0.15, 0.2) is 0 Å². The van der Waals surface area contributed by atoms with Crippen molar-refractivity contribution in [3.63, 3.8) is 0 Å². The molecule has 3 N–H and O–H groups in total. The summed E-state index contributed by atoms with van der Waals surface area (Å²) in [5.74, 6) is -0.0309. The number of carbonyl (C=O) groups is 1. The summed E-state index contributed by atoms with van der Waals surface area (Å²) in [6, 6.07) is 12.3. The molecule has 2 aromatic rings. The van der Waals surface area contributed by atoms with Crippen LogP contribution in [0.5, 0.6) is 11.5 Å². The summed E-state index contributed by atoms with van der Waals surface area (Å²) in [6.45, 7) is 0. The summed E-state index contributed by atoms with van der Waals surface area (Å²) in [7, 11) is -3.73. The molecule has 0 spiro atoms. The zero-order chi connectivity index (χ0) is 15.5. The number of aliphatic carboxylic acids is 1. The summed E-state index contributed by atoms with van der Waals surface area (Å²) in [6.07, 6.45) is -0.0957. The Morgan fingerprint density at radius 2 is 1.76 bits per heavy atom. The summed E-state index contributed by atoms with van der Waals surface area (Å²) in [4.78, 5) is 10.7. The van der Waals surface area contributed by atoms with Crippen LogP contribution in [0.3, 0.4) is 0 Å². The van der Waals surface area contributed by atoms with E-state index in [4.69, 9.17) is 15.0 Å². The zero-order valence-electron chi connectivity index (χ0n) is 10.9. The Hall–Kier alpha value is -2.38. The first-order valence-electron chi connectivity index (χ1n) is 5.96. The van der Waals surface area contributed by atoms with Crippen LogP contribution in [-0.4, -0.2) is 19.5 Å². The van der Waals surface area contributed by atoms with Gasteiger partial charge in [0.1, 0.15) is 11.5 Å². The van der Waals surface area contributed by atoms with Gasteiger partial charge in [0, 0.05) is 0 Å². The third-order valence-electron chi connectivity index (χ3n) is 2.64. The van der Waals surface area contributed by atoms with Gasteiger partial charge in [-0.3, -0.25) is 4.79 Å². The minimum Gasteiger partial charge on any atom is -0.481 e. The standard InChI is InChI=1S/C14H13NO5S/c15-21(18,19)13-6-4-11(5-7-13)20-12-3-1-2-10(8-12)9-14(16)17/h1-8H,9H2,(H,16,17)(H2,15,18,19). The molecule has 7 heteroatoms. The highest BCUT2D eigenvalue weighted by Crippen LogP contribution is 2.23. The van der Waals surface area contributed by atoms with Crippen molar-refractivity contribution >= 4 is 16.0 Å². The van der Waals surface area contributed by atoms with E-state index in [-0.39, 0.29) is 11.3 Å². The predicted octanol–water partition coefficient (Wildman–Crippen LogP) is 1.75. The average molecular weight is 307 g/mol. The first kappa shape index (κ1) is 15.0. The summed E-state index contributed by atoms with van der Waals surface area (Å²) in [5, 5.41) is 13.7. The maximum atomic E-state index is 11.1. The first-order chi connectivity index (χ1) is 9.84. The largest absolute Gasteiger partial charge is 0.481 e. The van der Waals surface area contributed by atoms with Gasteiger partial charge >= 0.3 is 5.97 Å². The highest BCUT2D eigenvalue weighted by molar-refractivity contribution is 7.89. The number of hydrogen-bond donors (Lipinski definition) is 2. The highest BCUT2D eigenvalue weighted by atomic mass is 32.2. The van der Waals surface area contributed by atoms with Crippen molar-refractivity contribution in [3.8, 4) is 11.5 Å². The Morgan fingerprint density at radius 1 is 1.10 bits per heavy atom. The van der Waals surface area contributed by atoms with Gasteiger partial charge in [-0.25, -0.2) is 13.6 Å². The second-order valence-electron chi connectivity index (χ2n) is 4.34. The quantitative estimate of drug-likeness (QED) is 0.875. The molecular formula is C14H13NO5S. The van der Waals surface area contributed by atoms with Gasteiger partial charge in [-0.1, -0.05) is 12.1 Å². The predicted molar refractivity (Wildman–Crippen MR) is 75.7 cm³/mol. The number of hydrogen-bond acceptors (Lipinski definition) is 4. The number of carboxylic acids is 1. The van der Waals surface area contributed by atoms with Crippen molar-refractivity contribution in [2.75, 3.05) is 0 Å².